The van der Waals surface area contributed by atoms with Crippen molar-refractivity contribution in [2.24, 2.45) is 5.84 Å². The van der Waals surface area contributed by atoms with Crippen molar-refractivity contribution in [3.05, 3.63) is 35.4 Å². The summed E-state index contributed by atoms with van der Waals surface area (Å²) in [5.41, 5.74) is 2.74. The van der Waals surface area contributed by atoms with Crippen molar-refractivity contribution in [1.29, 1.82) is 0 Å². The van der Waals surface area contributed by atoms with Gasteiger partial charge in [0.2, 0.25) is 0 Å². The molecule has 1 fully saturated rings. The molecule has 2 atom stereocenters. The first-order valence-electron chi connectivity index (χ1n) is 6.71. The minimum Gasteiger partial charge on any atom is -0.378 e. The van der Waals surface area contributed by atoms with E-state index in [0.717, 1.165) is 32.3 Å². The molecular formula is C14H20F2N2O. The number of hydrazine groups is 1. The number of benzene rings is 1. The van der Waals surface area contributed by atoms with E-state index in [-0.39, 0.29) is 24.1 Å². The number of rotatable bonds is 6. The van der Waals surface area contributed by atoms with E-state index >= 15 is 0 Å². The Morgan fingerprint density at radius 2 is 2.11 bits per heavy atom. The third-order valence-corrected chi connectivity index (χ3v) is 3.61. The highest BCUT2D eigenvalue weighted by atomic mass is 19.1. The quantitative estimate of drug-likeness (QED) is 0.616. The molecule has 0 saturated carbocycles. The summed E-state index contributed by atoms with van der Waals surface area (Å²) >= 11 is 0. The van der Waals surface area contributed by atoms with Gasteiger partial charge < -0.3 is 4.74 Å². The van der Waals surface area contributed by atoms with Crippen LogP contribution in [-0.2, 0) is 11.2 Å². The van der Waals surface area contributed by atoms with E-state index in [1.807, 2.05) is 0 Å². The highest BCUT2D eigenvalue weighted by Crippen LogP contribution is 2.20. The van der Waals surface area contributed by atoms with Gasteiger partial charge in [-0.05, 0) is 44.2 Å². The Balaban J connectivity index is 1.90. The molecule has 1 aliphatic heterocycles. The summed E-state index contributed by atoms with van der Waals surface area (Å²) in [7, 11) is 0. The SMILES string of the molecule is NNC(CCC1CCCO1)Cc1c(F)cccc1F. The van der Waals surface area contributed by atoms with Gasteiger partial charge in [-0.1, -0.05) is 6.07 Å². The van der Waals surface area contributed by atoms with Gasteiger partial charge >= 0.3 is 0 Å². The standard InChI is InChI=1S/C14H20F2N2O/c15-13-4-1-5-14(16)12(13)9-10(18-17)6-7-11-3-2-8-19-11/h1,4-5,10-11,18H,2-3,6-9,17H2. The van der Waals surface area contributed by atoms with Crippen molar-refractivity contribution in [1.82, 2.24) is 5.43 Å². The van der Waals surface area contributed by atoms with E-state index in [1.165, 1.54) is 18.2 Å². The first kappa shape index (κ1) is 14.4. The van der Waals surface area contributed by atoms with Crippen LogP contribution >= 0.6 is 0 Å². The molecule has 1 saturated heterocycles. The minimum absolute atomic E-state index is 0.0952. The highest BCUT2D eigenvalue weighted by molar-refractivity contribution is 5.20. The lowest BCUT2D eigenvalue weighted by Crippen LogP contribution is -2.37. The van der Waals surface area contributed by atoms with E-state index < -0.39 is 11.6 Å². The predicted molar refractivity (Wildman–Crippen MR) is 69.4 cm³/mol. The Labute approximate surface area is 112 Å². The third-order valence-electron chi connectivity index (χ3n) is 3.61. The number of nitrogens with two attached hydrogens (primary N) is 1. The van der Waals surface area contributed by atoms with Crippen LogP contribution < -0.4 is 11.3 Å². The molecule has 1 aromatic rings. The van der Waals surface area contributed by atoms with Gasteiger partial charge in [-0.2, -0.15) is 0 Å². The molecule has 2 rings (SSSR count). The molecule has 0 spiro atoms. The fraction of sp³-hybridized carbons (Fsp3) is 0.571. The molecule has 0 aliphatic carbocycles. The maximum absolute atomic E-state index is 13.6. The highest BCUT2D eigenvalue weighted by Gasteiger charge is 2.19. The number of ether oxygens (including phenoxy) is 1. The lowest BCUT2D eigenvalue weighted by atomic mass is 9.99. The van der Waals surface area contributed by atoms with Crippen molar-refractivity contribution >= 4 is 0 Å². The molecule has 19 heavy (non-hydrogen) atoms. The zero-order valence-corrected chi connectivity index (χ0v) is 10.9. The molecule has 1 aliphatic rings. The Bertz CT molecular complexity index is 388. The number of halogens is 2. The summed E-state index contributed by atoms with van der Waals surface area (Å²) in [5.74, 6) is 4.44. The van der Waals surface area contributed by atoms with Crippen molar-refractivity contribution in [2.75, 3.05) is 6.61 Å². The molecule has 0 amide bonds. The van der Waals surface area contributed by atoms with Crippen LogP contribution in [0.5, 0.6) is 0 Å². The lowest BCUT2D eigenvalue weighted by Gasteiger charge is -2.18. The Kier molecular flexibility index (Phi) is 5.24. The van der Waals surface area contributed by atoms with Gasteiger partial charge in [-0.3, -0.25) is 11.3 Å². The zero-order valence-electron chi connectivity index (χ0n) is 10.9. The van der Waals surface area contributed by atoms with Crippen LogP contribution in [0, 0.1) is 11.6 Å². The second-order valence-corrected chi connectivity index (χ2v) is 4.98. The van der Waals surface area contributed by atoms with E-state index in [2.05, 4.69) is 5.43 Å². The fourth-order valence-electron chi connectivity index (χ4n) is 2.48. The predicted octanol–water partition coefficient (Wildman–Crippen LogP) is 2.30. The second-order valence-electron chi connectivity index (χ2n) is 4.98. The maximum atomic E-state index is 13.6. The number of hydrogen-bond donors (Lipinski definition) is 2. The average molecular weight is 270 g/mol. The van der Waals surface area contributed by atoms with Crippen molar-refractivity contribution < 1.29 is 13.5 Å². The normalized spacial score (nSPS) is 20.7. The third kappa shape index (κ3) is 3.96. The van der Waals surface area contributed by atoms with Crippen molar-refractivity contribution in [3.8, 4) is 0 Å². The van der Waals surface area contributed by atoms with Gasteiger partial charge in [0.05, 0.1) is 6.10 Å². The number of nitrogens with one attached hydrogen (secondary N) is 1. The maximum Gasteiger partial charge on any atom is 0.129 e. The molecule has 0 bridgehead atoms. The van der Waals surface area contributed by atoms with Crippen LogP contribution in [0.25, 0.3) is 0 Å². The van der Waals surface area contributed by atoms with Crippen LogP contribution in [0.15, 0.2) is 18.2 Å². The summed E-state index contributed by atoms with van der Waals surface area (Å²) in [4.78, 5) is 0. The first-order valence-corrected chi connectivity index (χ1v) is 6.71. The van der Waals surface area contributed by atoms with Crippen LogP contribution in [-0.4, -0.2) is 18.8 Å². The molecule has 0 radical (unpaired) electrons. The Hall–Kier alpha value is -1.04. The molecule has 2 unspecified atom stereocenters. The van der Waals surface area contributed by atoms with Crippen LogP contribution in [0.1, 0.15) is 31.2 Å². The Morgan fingerprint density at radius 3 is 2.68 bits per heavy atom. The number of hydrogen-bond acceptors (Lipinski definition) is 3. The van der Waals surface area contributed by atoms with E-state index in [0.29, 0.717) is 0 Å². The topological polar surface area (TPSA) is 47.3 Å². The van der Waals surface area contributed by atoms with E-state index in [9.17, 15) is 8.78 Å². The van der Waals surface area contributed by atoms with E-state index in [4.69, 9.17) is 10.6 Å². The first-order chi connectivity index (χ1) is 9.20. The summed E-state index contributed by atoms with van der Waals surface area (Å²) in [6, 6.07) is 3.76. The van der Waals surface area contributed by atoms with Crippen LogP contribution in [0.4, 0.5) is 8.78 Å². The van der Waals surface area contributed by atoms with Gasteiger partial charge in [0.25, 0.3) is 0 Å². The van der Waals surface area contributed by atoms with Gasteiger partial charge in [0, 0.05) is 18.2 Å². The monoisotopic (exact) mass is 270 g/mol. The van der Waals surface area contributed by atoms with Crippen LogP contribution in [0.2, 0.25) is 0 Å². The fourth-order valence-corrected chi connectivity index (χ4v) is 2.48. The molecule has 5 heteroatoms. The van der Waals surface area contributed by atoms with E-state index in [1.54, 1.807) is 0 Å². The average Bonchev–Trinajstić information content (AvgIpc) is 2.91. The molecule has 3 nitrogen and oxygen atoms in total. The summed E-state index contributed by atoms with van der Waals surface area (Å²) < 4.78 is 32.6. The lowest BCUT2D eigenvalue weighted by molar-refractivity contribution is 0.0995. The van der Waals surface area contributed by atoms with Gasteiger partial charge in [0.15, 0.2) is 0 Å². The summed E-state index contributed by atoms with van der Waals surface area (Å²) in [6.45, 7) is 0.813. The molecule has 1 heterocycles. The molecule has 1 aromatic carbocycles. The summed E-state index contributed by atoms with van der Waals surface area (Å²) in [6.07, 6.45) is 4.28. The second kappa shape index (κ2) is 6.93. The molecule has 106 valence electrons. The van der Waals surface area contributed by atoms with Gasteiger partial charge in [-0.25, -0.2) is 8.78 Å². The Morgan fingerprint density at radius 1 is 1.37 bits per heavy atom. The zero-order chi connectivity index (χ0) is 13.7. The summed E-state index contributed by atoms with van der Waals surface area (Å²) in [5, 5.41) is 0. The van der Waals surface area contributed by atoms with Crippen molar-refractivity contribution in [2.45, 2.75) is 44.2 Å². The molecule has 0 aromatic heterocycles. The van der Waals surface area contributed by atoms with Crippen molar-refractivity contribution in [3.63, 3.8) is 0 Å². The van der Waals surface area contributed by atoms with Gasteiger partial charge in [0.1, 0.15) is 11.6 Å². The smallest absolute Gasteiger partial charge is 0.129 e. The van der Waals surface area contributed by atoms with Gasteiger partial charge in [-0.15, -0.1) is 0 Å². The van der Waals surface area contributed by atoms with Crippen LogP contribution in [0.3, 0.4) is 0 Å². The minimum atomic E-state index is -0.516. The largest absolute Gasteiger partial charge is 0.378 e. The molecule has 3 N–H and O–H groups in total. The molecular weight excluding hydrogens is 250 g/mol.